The van der Waals surface area contributed by atoms with E-state index >= 15 is 0 Å². The van der Waals surface area contributed by atoms with Gasteiger partial charge >= 0.3 is 0 Å². The maximum atomic E-state index is 5.85. The van der Waals surface area contributed by atoms with Crippen molar-refractivity contribution in [3.63, 3.8) is 0 Å². The Kier molecular flexibility index (Phi) is 4.60. The van der Waals surface area contributed by atoms with Crippen LogP contribution in [0, 0.1) is 11.3 Å². The summed E-state index contributed by atoms with van der Waals surface area (Å²) in [7, 11) is 0. The average Bonchev–Trinajstić information content (AvgIpc) is 2.27. The van der Waals surface area contributed by atoms with Crippen LogP contribution in [0.2, 0.25) is 0 Å². The monoisotopic (exact) mass is 212 g/mol. The van der Waals surface area contributed by atoms with Crippen LogP contribution in [0.4, 0.5) is 0 Å². The lowest BCUT2D eigenvalue weighted by Crippen LogP contribution is -2.36. The molecule has 0 aliphatic carbocycles. The molecular weight excluding hydrogens is 184 g/mol. The van der Waals surface area contributed by atoms with E-state index in [1.54, 1.807) is 0 Å². The van der Waals surface area contributed by atoms with Crippen molar-refractivity contribution in [3.05, 3.63) is 0 Å². The molecule has 0 aromatic rings. The molecule has 0 bridgehead atoms. The maximum absolute atomic E-state index is 5.85. The van der Waals surface area contributed by atoms with E-state index in [9.17, 15) is 0 Å². The van der Waals surface area contributed by atoms with Gasteiger partial charge in [0.2, 0.25) is 0 Å². The van der Waals surface area contributed by atoms with Gasteiger partial charge in [-0.3, -0.25) is 0 Å². The van der Waals surface area contributed by atoms with Crippen molar-refractivity contribution < 1.29 is 0 Å². The highest BCUT2D eigenvalue weighted by atomic mass is 15.1. The third-order valence-corrected chi connectivity index (χ3v) is 3.59. The summed E-state index contributed by atoms with van der Waals surface area (Å²) in [6.45, 7) is 12.8. The van der Waals surface area contributed by atoms with E-state index in [0.717, 1.165) is 12.5 Å². The fourth-order valence-corrected chi connectivity index (χ4v) is 2.61. The van der Waals surface area contributed by atoms with Crippen LogP contribution in [-0.4, -0.2) is 30.6 Å². The van der Waals surface area contributed by atoms with Crippen LogP contribution >= 0.6 is 0 Å². The first-order chi connectivity index (χ1) is 6.89. The van der Waals surface area contributed by atoms with E-state index < -0.39 is 0 Å². The van der Waals surface area contributed by atoms with Crippen molar-refractivity contribution in [2.45, 2.75) is 53.0 Å². The molecule has 0 amide bonds. The molecule has 1 aliphatic heterocycles. The molecule has 0 saturated carbocycles. The van der Waals surface area contributed by atoms with Gasteiger partial charge < -0.3 is 10.6 Å². The SMILES string of the molecule is C[C@@H](N)CN1CCCC(C(C)(C)C)CC1. The van der Waals surface area contributed by atoms with Gasteiger partial charge in [-0.2, -0.15) is 0 Å². The van der Waals surface area contributed by atoms with Crippen LogP contribution in [0.1, 0.15) is 47.0 Å². The van der Waals surface area contributed by atoms with Gasteiger partial charge in [-0.25, -0.2) is 0 Å². The Bertz CT molecular complexity index is 181. The molecule has 1 aliphatic rings. The molecular formula is C13H28N2. The molecule has 1 fully saturated rings. The Hall–Kier alpha value is -0.0800. The van der Waals surface area contributed by atoms with E-state index in [4.69, 9.17) is 5.73 Å². The van der Waals surface area contributed by atoms with E-state index in [-0.39, 0.29) is 0 Å². The normalized spacial score (nSPS) is 27.4. The molecule has 15 heavy (non-hydrogen) atoms. The zero-order valence-corrected chi connectivity index (χ0v) is 10.9. The first-order valence-corrected chi connectivity index (χ1v) is 6.37. The van der Waals surface area contributed by atoms with Gasteiger partial charge in [-0.05, 0) is 50.6 Å². The first-order valence-electron chi connectivity index (χ1n) is 6.37. The van der Waals surface area contributed by atoms with E-state index in [1.165, 1.54) is 32.4 Å². The molecule has 90 valence electrons. The highest BCUT2D eigenvalue weighted by Crippen LogP contribution is 2.34. The molecule has 1 heterocycles. The molecule has 2 heteroatoms. The topological polar surface area (TPSA) is 29.3 Å². The van der Waals surface area contributed by atoms with E-state index in [2.05, 4.69) is 32.6 Å². The Labute approximate surface area is 95.2 Å². The van der Waals surface area contributed by atoms with Crippen molar-refractivity contribution >= 4 is 0 Å². The lowest BCUT2D eigenvalue weighted by Gasteiger charge is -2.30. The predicted octanol–water partition coefficient (Wildman–Crippen LogP) is 2.48. The number of hydrogen-bond donors (Lipinski definition) is 1. The Morgan fingerprint density at radius 1 is 1.27 bits per heavy atom. The molecule has 1 saturated heterocycles. The zero-order valence-electron chi connectivity index (χ0n) is 10.9. The van der Waals surface area contributed by atoms with Gasteiger partial charge in [0.25, 0.3) is 0 Å². The summed E-state index contributed by atoms with van der Waals surface area (Å²) in [6.07, 6.45) is 4.07. The third-order valence-electron chi connectivity index (χ3n) is 3.59. The number of rotatable bonds is 2. The minimum absolute atomic E-state index is 0.316. The fraction of sp³-hybridized carbons (Fsp3) is 1.00. The average molecular weight is 212 g/mol. The van der Waals surface area contributed by atoms with Gasteiger partial charge in [0.15, 0.2) is 0 Å². The van der Waals surface area contributed by atoms with Crippen LogP contribution in [0.15, 0.2) is 0 Å². The molecule has 0 radical (unpaired) electrons. The Morgan fingerprint density at radius 2 is 1.93 bits per heavy atom. The second kappa shape index (κ2) is 5.31. The summed E-state index contributed by atoms with van der Waals surface area (Å²) >= 11 is 0. The van der Waals surface area contributed by atoms with Crippen LogP contribution in [0.25, 0.3) is 0 Å². The van der Waals surface area contributed by atoms with Crippen molar-refractivity contribution in [2.75, 3.05) is 19.6 Å². The molecule has 1 rings (SSSR count). The summed E-state index contributed by atoms with van der Waals surface area (Å²) < 4.78 is 0. The lowest BCUT2D eigenvalue weighted by atomic mass is 9.77. The second-order valence-electron chi connectivity index (χ2n) is 6.27. The summed E-state index contributed by atoms with van der Waals surface area (Å²) in [5.74, 6) is 0.885. The van der Waals surface area contributed by atoms with Crippen LogP contribution < -0.4 is 5.73 Å². The minimum Gasteiger partial charge on any atom is -0.327 e. The molecule has 2 atom stereocenters. The minimum atomic E-state index is 0.316. The van der Waals surface area contributed by atoms with Crippen LogP contribution in [0.5, 0.6) is 0 Å². The third kappa shape index (κ3) is 4.52. The largest absolute Gasteiger partial charge is 0.327 e. The highest BCUT2D eigenvalue weighted by molar-refractivity contribution is 4.79. The lowest BCUT2D eigenvalue weighted by molar-refractivity contribution is 0.206. The number of nitrogens with zero attached hydrogens (tertiary/aromatic N) is 1. The first kappa shape index (κ1) is 13.0. The van der Waals surface area contributed by atoms with Crippen LogP contribution in [-0.2, 0) is 0 Å². The van der Waals surface area contributed by atoms with E-state index in [1.807, 2.05) is 0 Å². The van der Waals surface area contributed by atoms with Gasteiger partial charge in [-0.1, -0.05) is 20.8 Å². The summed E-state index contributed by atoms with van der Waals surface area (Å²) in [6, 6.07) is 0.316. The second-order valence-corrected chi connectivity index (χ2v) is 6.27. The van der Waals surface area contributed by atoms with Gasteiger partial charge in [0.05, 0.1) is 0 Å². The smallest absolute Gasteiger partial charge is 0.0139 e. The summed E-state index contributed by atoms with van der Waals surface area (Å²) in [5.41, 5.74) is 6.33. The molecule has 0 aromatic heterocycles. The van der Waals surface area contributed by atoms with Gasteiger partial charge in [-0.15, -0.1) is 0 Å². The Morgan fingerprint density at radius 3 is 2.47 bits per heavy atom. The zero-order chi connectivity index (χ0) is 11.5. The predicted molar refractivity (Wildman–Crippen MR) is 66.9 cm³/mol. The maximum Gasteiger partial charge on any atom is 0.0139 e. The van der Waals surface area contributed by atoms with Crippen molar-refractivity contribution in [1.82, 2.24) is 4.90 Å². The van der Waals surface area contributed by atoms with E-state index in [0.29, 0.717) is 11.5 Å². The number of nitrogens with two attached hydrogens (primary N) is 1. The van der Waals surface area contributed by atoms with Crippen molar-refractivity contribution in [1.29, 1.82) is 0 Å². The molecule has 2 nitrogen and oxygen atoms in total. The molecule has 2 N–H and O–H groups in total. The number of hydrogen-bond acceptors (Lipinski definition) is 2. The quantitative estimate of drug-likeness (QED) is 0.762. The molecule has 0 aromatic carbocycles. The fourth-order valence-electron chi connectivity index (χ4n) is 2.61. The van der Waals surface area contributed by atoms with Gasteiger partial charge in [0.1, 0.15) is 0 Å². The van der Waals surface area contributed by atoms with Crippen molar-refractivity contribution in [2.24, 2.45) is 17.1 Å². The Balaban J connectivity index is 2.42. The standard InChI is InChI=1S/C13H28N2/c1-11(14)10-15-8-5-6-12(7-9-15)13(2,3)4/h11-12H,5-10,14H2,1-4H3/t11-,12?/m1/s1. The van der Waals surface area contributed by atoms with Crippen molar-refractivity contribution in [3.8, 4) is 0 Å². The molecule has 0 spiro atoms. The number of likely N-dealkylation sites (tertiary alicyclic amines) is 1. The summed E-state index contributed by atoms with van der Waals surface area (Å²) in [5, 5.41) is 0. The highest BCUT2D eigenvalue weighted by Gasteiger charge is 2.26. The van der Waals surface area contributed by atoms with Crippen LogP contribution in [0.3, 0.4) is 0 Å². The molecule has 1 unspecified atom stereocenters. The van der Waals surface area contributed by atoms with Gasteiger partial charge in [0, 0.05) is 12.6 Å². The summed E-state index contributed by atoms with van der Waals surface area (Å²) in [4.78, 5) is 2.54.